The van der Waals surface area contributed by atoms with Gasteiger partial charge in [0.2, 0.25) is 5.91 Å². The summed E-state index contributed by atoms with van der Waals surface area (Å²) in [5.74, 6) is 0.791. The second-order valence-corrected chi connectivity index (χ2v) is 8.94. The van der Waals surface area contributed by atoms with Crippen LogP contribution in [-0.2, 0) is 4.79 Å². The monoisotopic (exact) mass is 483 g/mol. The van der Waals surface area contributed by atoms with Crippen molar-refractivity contribution in [2.75, 3.05) is 13.0 Å². The lowest BCUT2D eigenvalue weighted by Crippen LogP contribution is -2.32. The average molecular weight is 484 g/mol. The Morgan fingerprint density at radius 2 is 1.97 bits per heavy atom. The van der Waals surface area contributed by atoms with Crippen LogP contribution >= 0.6 is 11.6 Å². The number of halogens is 2. The van der Waals surface area contributed by atoms with Crippen molar-refractivity contribution in [3.05, 3.63) is 83.2 Å². The van der Waals surface area contributed by atoms with Crippen LogP contribution in [0.2, 0.25) is 0 Å². The molecular formula is C27H31ClFN3O2. The highest BCUT2D eigenvalue weighted by atomic mass is 35.5. The summed E-state index contributed by atoms with van der Waals surface area (Å²) in [6.07, 6.45) is 6.74. The summed E-state index contributed by atoms with van der Waals surface area (Å²) in [7, 11) is 1.62. The first-order valence-corrected chi connectivity index (χ1v) is 11.9. The van der Waals surface area contributed by atoms with E-state index in [0.29, 0.717) is 30.0 Å². The molecule has 5 nitrogen and oxygen atoms in total. The van der Waals surface area contributed by atoms with E-state index < -0.39 is 0 Å². The zero-order valence-corrected chi connectivity index (χ0v) is 20.8. The van der Waals surface area contributed by atoms with E-state index in [2.05, 4.69) is 10.3 Å². The maximum absolute atomic E-state index is 13.4. The van der Waals surface area contributed by atoms with E-state index in [9.17, 15) is 9.18 Å². The Hall–Kier alpha value is -3.12. The molecule has 3 rings (SSSR count). The van der Waals surface area contributed by atoms with Gasteiger partial charge in [-0.05, 0) is 67.2 Å². The molecule has 0 aliphatic rings. The summed E-state index contributed by atoms with van der Waals surface area (Å²) >= 11 is 5.94. The Bertz CT molecular complexity index is 1140. The minimum Gasteiger partial charge on any atom is -0.495 e. The Morgan fingerprint density at radius 3 is 2.56 bits per heavy atom. The van der Waals surface area contributed by atoms with Crippen molar-refractivity contribution < 1.29 is 13.9 Å². The number of amides is 1. The molecule has 0 bridgehead atoms. The van der Waals surface area contributed by atoms with E-state index >= 15 is 0 Å². The minimum atomic E-state index is -0.302. The molecule has 1 amide bonds. The standard InChI is InChI=1S/C27H31ClFN3O2/c1-18(2)26(21-8-10-23(29)11-9-21)31-27(33)22(6-5-13-28)14-20-7-12-24(25(15-20)34-4)32-16-19(3)30-17-32/h7-12,14-18,26H,5-6,13H2,1-4H3,(H,31,33). The Kier molecular flexibility index (Phi) is 8.88. The molecule has 3 aromatic rings. The number of imidazole rings is 1. The van der Waals surface area contributed by atoms with E-state index in [4.69, 9.17) is 16.3 Å². The van der Waals surface area contributed by atoms with Gasteiger partial charge < -0.3 is 14.6 Å². The van der Waals surface area contributed by atoms with Crippen LogP contribution in [0.25, 0.3) is 11.8 Å². The lowest BCUT2D eigenvalue weighted by atomic mass is 9.95. The minimum absolute atomic E-state index is 0.127. The van der Waals surface area contributed by atoms with Gasteiger partial charge in [0.1, 0.15) is 11.6 Å². The molecule has 0 saturated heterocycles. The van der Waals surface area contributed by atoms with E-state index in [0.717, 1.165) is 22.5 Å². The van der Waals surface area contributed by atoms with Crippen LogP contribution in [-0.4, -0.2) is 28.4 Å². The van der Waals surface area contributed by atoms with Crippen molar-refractivity contribution in [1.29, 1.82) is 0 Å². The average Bonchev–Trinajstić information content (AvgIpc) is 3.26. The molecule has 0 fully saturated rings. The van der Waals surface area contributed by atoms with Gasteiger partial charge in [-0.15, -0.1) is 11.6 Å². The number of methoxy groups -OCH3 is 1. The third kappa shape index (κ3) is 6.48. The van der Waals surface area contributed by atoms with Crippen LogP contribution in [0, 0.1) is 18.7 Å². The van der Waals surface area contributed by atoms with Gasteiger partial charge in [0, 0.05) is 17.6 Å². The SMILES string of the molecule is COc1cc(C=C(CCCCl)C(=O)NC(c2ccc(F)cc2)C(C)C)ccc1-n1cnc(C)c1. The Balaban J connectivity index is 1.90. The summed E-state index contributed by atoms with van der Waals surface area (Å²) in [4.78, 5) is 17.6. The van der Waals surface area contributed by atoms with Gasteiger partial charge in [-0.2, -0.15) is 0 Å². The molecule has 1 aromatic heterocycles. The highest BCUT2D eigenvalue weighted by Crippen LogP contribution is 2.27. The molecule has 0 aliphatic heterocycles. The Labute approximate surface area is 205 Å². The zero-order chi connectivity index (χ0) is 24.7. The predicted molar refractivity (Wildman–Crippen MR) is 135 cm³/mol. The van der Waals surface area contributed by atoms with Crippen LogP contribution < -0.4 is 10.1 Å². The molecule has 1 heterocycles. The maximum Gasteiger partial charge on any atom is 0.247 e. The van der Waals surface area contributed by atoms with E-state index in [1.165, 1.54) is 12.1 Å². The van der Waals surface area contributed by atoms with Crippen molar-refractivity contribution in [2.45, 2.75) is 39.7 Å². The summed E-state index contributed by atoms with van der Waals surface area (Å²) in [5, 5.41) is 3.13. The topological polar surface area (TPSA) is 56.1 Å². The molecule has 34 heavy (non-hydrogen) atoms. The lowest BCUT2D eigenvalue weighted by molar-refractivity contribution is -0.118. The summed E-state index contributed by atoms with van der Waals surface area (Å²) in [6, 6.07) is 11.8. The first kappa shape index (κ1) is 25.5. The number of nitrogens with one attached hydrogen (secondary N) is 1. The van der Waals surface area contributed by atoms with Crippen molar-refractivity contribution in [3.63, 3.8) is 0 Å². The third-order valence-electron chi connectivity index (χ3n) is 5.59. The van der Waals surface area contributed by atoms with Crippen molar-refractivity contribution in [2.24, 2.45) is 5.92 Å². The number of rotatable bonds is 10. The largest absolute Gasteiger partial charge is 0.495 e. The number of aromatic nitrogens is 2. The smallest absolute Gasteiger partial charge is 0.247 e. The summed E-state index contributed by atoms with van der Waals surface area (Å²) < 4.78 is 20.9. The molecular weight excluding hydrogens is 453 g/mol. The van der Waals surface area contributed by atoms with Gasteiger partial charge in [0.15, 0.2) is 0 Å². The molecule has 0 aliphatic carbocycles. The molecule has 0 spiro atoms. The van der Waals surface area contributed by atoms with Gasteiger partial charge in [0.05, 0.1) is 30.9 Å². The van der Waals surface area contributed by atoms with Crippen LogP contribution in [0.1, 0.15) is 49.6 Å². The summed E-state index contributed by atoms with van der Waals surface area (Å²) in [6.45, 7) is 5.98. The second kappa shape index (κ2) is 11.8. The number of alkyl halides is 1. The molecule has 1 N–H and O–H groups in total. The molecule has 0 saturated carbocycles. The molecule has 2 aromatic carbocycles. The normalized spacial score (nSPS) is 12.6. The molecule has 0 radical (unpaired) electrons. The molecule has 180 valence electrons. The molecule has 1 unspecified atom stereocenters. The third-order valence-corrected chi connectivity index (χ3v) is 5.86. The van der Waals surface area contributed by atoms with Crippen molar-refractivity contribution >= 4 is 23.6 Å². The fraction of sp³-hybridized carbons (Fsp3) is 0.333. The number of nitrogens with zero attached hydrogens (tertiary/aromatic N) is 2. The van der Waals surface area contributed by atoms with Gasteiger partial charge in [-0.25, -0.2) is 9.37 Å². The number of aryl methyl sites for hydroxylation is 1. The van der Waals surface area contributed by atoms with Gasteiger partial charge in [-0.3, -0.25) is 4.79 Å². The van der Waals surface area contributed by atoms with Gasteiger partial charge in [-0.1, -0.05) is 32.0 Å². The summed E-state index contributed by atoms with van der Waals surface area (Å²) in [5.41, 5.74) is 4.11. The van der Waals surface area contributed by atoms with Crippen LogP contribution in [0.5, 0.6) is 5.75 Å². The quantitative estimate of drug-likeness (QED) is 0.274. The number of carbonyl (C=O) groups is 1. The second-order valence-electron chi connectivity index (χ2n) is 8.56. The first-order valence-electron chi connectivity index (χ1n) is 11.3. The van der Waals surface area contributed by atoms with Crippen LogP contribution in [0.3, 0.4) is 0 Å². The maximum atomic E-state index is 13.4. The zero-order valence-electron chi connectivity index (χ0n) is 20.0. The highest BCUT2D eigenvalue weighted by molar-refractivity contribution is 6.17. The highest BCUT2D eigenvalue weighted by Gasteiger charge is 2.21. The van der Waals surface area contributed by atoms with E-state index in [-0.39, 0.29) is 23.7 Å². The number of ether oxygens (including phenoxy) is 1. The Morgan fingerprint density at radius 1 is 1.24 bits per heavy atom. The fourth-order valence-corrected chi connectivity index (χ4v) is 3.93. The fourth-order valence-electron chi connectivity index (χ4n) is 3.80. The van der Waals surface area contributed by atoms with Crippen molar-refractivity contribution in [1.82, 2.24) is 14.9 Å². The predicted octanol–water partition coefficient (Wildman–Crippen LogP) is 6.24. The lowest BCUT2D eigenvalue weighted by Gasteiger charge is -2.24. The van der Waals surface area contributed by atoms with Crippen LogP contribution in [0.4, 0.5) is 4.39 Å². The van der Waals surface area contributed by atoms with Gasteiger partial charge >= 0.3 is 0 Å². The number of benzene rings is 2. The van der Waals surface area contributed by atoms with Gasteiger partial charge in [0.25, 0.3) is 0 Å². The number of hydrogen-bond donors (Lipinski definition) is 1. The number of hydrogen-bond acceptors (Lipinski definition) is 3. The van der Waals surface area contributed by atoms with E-state index in [1.807, 2.05) is 55.8 Å². The molecule has 7 heteroatoms. The van der Waals surface area contributed by atoms with Crippen LogP contribution in [0.15, 0.2) is 60.6 Å². The number of carbonyl (C=O) groups excluding carboxylic acids is 1. The first-order chi connectivity index (χ1) is 16.3. The van der Waals surface area contributed by atoms with Crippen molar-refractivity contribution in [3.8, 4) is 11.4 Å². The van der Waals surface area contributed by atoms with E-state index in [1.54, 1.807) is 25.6 Å². The molecule has 1 atom stereocenters.